The van der Waals surface area contributed by atoms with Crippen molar-refractivity contribution in [1.82, 2.24) is 24.2 Å². The maximum atomic E-state index is 12.7. The lowest BCUT2D eigenvalue weighted by Gasteiger charge is -2.50. The first-order chi connectivity index (χ1) is 12.5. The van der Waals surface area contributed by atoms with Crippen LogP contribution in [0, 0.1) is 0 Å². The molecule has 0 bridgehead atoms. The number of amides is 2. The number of aromatic nitrogens is 3. The summed E-state index contributed by atoms with van der Waals surface area (Å²) in [6.07, 6.45) is 7.53. The molecular weight excluding hydrogens is 358 g/mol. The fourth-order valence-electron chi connectivity index (χ4n) is 4.79. The van der Waals surface area contributed by atoms with Crippen molar-refractivity contribution in [3.63, 3.8) is 0 Å². The monoisotopic (exact) mass is 375 g/mol. The molecule has 2 saturated heterocycles. The van der Waals surface area contributed by atoms with Gasteiger partial charge in [0.15, 0.2) is 5.15 Å². The molecular formula is C17H18ClN5O3. The molecule has 2 aromatic rings. The standard InChI is InChI=1S/C17H18ClN5O3/c18-14-11-7-20-15(21(11)6-5-19-14)10-1-2-12-17(3-4-17)23(16(25)26)9-13(24)22(12)8-10/h5-7,10,12H,1-4,8-9H2,(H,25,26). The van der Waals surface area contributed by atoms with Gasteiger partial charge in [-0.25, -0.2) is 14.8 Å². The van der Waals surface area contributed by atoms with Gasteiger partial charge in [0.25, 0.3) is 0 Å². The molecule has 1 N–H and O–H groups in total. The molecule has 1 spiro atoms. The molecule has 3 aliphatic rings. The van der Waals surface area contributed by atoms with Gasteiger partial charge in [-0.3, -0.25) is 14.1 Å². The Morgan fingerprint density at radius 3 is 2.85 bits per heavy atom. The Kier molecular flexibility index (Phi) is 3.25. The molecule has 26 heavy (non-hydrogen) atoms. The van der Waals surface area contributed by atoms with E-state index in [2.05, 4.69) is 9.97 Å². The summed E-state index contributed by atoms with van der Waals surface area (Å²) in [4.78, 5) is 36.1. The number of nitrogens with zero attached hydrogens (tertiary/aromatic N) is 5. The van der Waals surface area contributed by atoms with Gasteiger partial charge in [-0.05, 0) is 25.7 Å². The quantitative estimate of drug-likeness (QED) is 0.823. The summed E-state index contributed by atoms with van der Waals surface area (Å²) in [5, 5.41) is 9.90. The third kappa shape index (κ3) is 2.08. The molecule has 5 rings (SSSR count). The van der Waals surface area contributed by atoms with Crippen molar-refractivity contribution >= 4 is 29.1 Å². The summed E-state index contributed by atoms with van der Waals surface area (Å²) in [6, 6.07) is -0.0208. The lowest BCUT2D eigenvalue weighted by atomic mass is 9.84. The number of halogens is 1. The summed E-state index contributed by atoms with van der Waals surface area (Å²) < 4.78 is 1.94. The average molecular weight is 376 g/mol. The Labute approximate surface area is 154 Å². The number of hydrogen-bond acceptors (Lipinski definition) is 4. The van der Waals surface area contributed by atoms with Crippen LogP contribution in [0.15, 0.2) is 18.6 Å². The predicted octanol–water partition coefficient (Wildman–Crippen LogP) is 1.98. The maximum Gasteiger partial charge on any atom is 0.408 e. The van der Waals surface area contributed by atoms with Gasteiger partial charge in [0.2, 0.25) is 5.91 Å². The van der Waals surface area contributed by atoms with E-state index in [0.29, 0.717) is 11.7 Å². The highest BCUT2D eigenvalue weighted by molar-refractivity contribution is 6.32. The summed E-state index contributed by atoms with van der Waals surface area (Å²) >= 11 is 6.14. The van der Waals surface area contributed by atoms with E-state index >= 15 is 0 Å². The number of carboxylic acid groups (broad SMARTS) is 1. The van der Waals surface area contributed by atoms with E-state index in [-0.39, 0.29) is 30.0 Å². The second-order valence-electron chi connectivity index (χ2n) is 7.40. The van der Waals surface area contributed by atoms with Gasteiger partial charge in [-0.1, -0.05) is 11.6 Å². The van der Waals surface area contributed by atoms with E-state index in [0.717, 1.165) is 37.0 Å². The molecule has 3 fully saturated rings. The van der Waals surface area contributed by atoms with Crippen LogP contribution in [0.1, 0.15) is 37.4 Å². The largest absolute Gasteiger partial charge is 0.465 e. The molecule has 1 aliphatic carbocycles. The molecule has 8 nitrogen and oxygen atoms in total. The molecule has 9 heteroatoms. The number of rotatable bonds is 1. The number of imidazole rings is 1. The van der Waals surface area contributed by atoms with Crippen LogP contribution in [0.2, 0.25) is 5.15 Å². The number of fused-ring (bicyclic) bond motifs is 3. The molecule has 0 radical (unpaired) electrons. The molecule has 1 saturated carbocycles. The van der Waals surface area contributed by atoms with Crippen LogP contribution >= 0.6 is 11.6 Å². The minimum Gasteiger partial charge on any atom is -0.465 e. The second kappa shape index (κ2) is 5.33. The van der Waals surface area contributed by atoms with Crippen molar-refractivity contribution in [3.05, 3.63) is 29.6 Å². The Bertz CT molecular complexity index is 924. The number of piperidine rings is 1. The smallest absolute Gasteiger partial charge is 0.408 e. The Balaban J connectivity index is 1.46. The minimum absolute atomic E-state index is 0.0208. The lowest BCUT2D eigenvalue weighted by molar-refractivity contribution is -0.146. The van der Waals surface area contributed by atoms with Crippen LogP contribution in [-0.4, -0.2) is 65.9 Å². The first-order valence-corrected chi connectivity index (χ1v) is 9.16. The van der Waals surface area contributed by atoms with Gasteiger partial charge in [-0.15, -0.1) is 0 Å². The van der Waals surface area contributed by atoms with Crippen LogP contribution in [0.4, 0.5) is 4.79 Å². The van der Waals surface area contributed by atoms with E-state index in [9.17, 15) is 14.7 Å². The topological polar surface area (TPSA) is 91.0 Å². The molecule has 2 atom stereocenters. The Hall–Kier alpha value is -2.35. The predicted molar refractivity (Wildman–Crippen MR) is 92.2 cm³/mol. The fraction of sp³-hybridized carbons (Fsp3) is 0.529. The number of piperazine rings is 1. The van der Waals surface area contributed by atoms with Crippen molar-refractivity contribution < 1.29 is 14.7 Å². The first-order valence-electron chi connectivity index (χ1n) is 8.79. The van der Waals surface area contributed by atoms with Crippen LogP contribution in [0.25, 0.3) is 5.52 Å². The summed E-state index contributed by atoms with van der Waals surface area (Å²) in [5.74, 6) is 0.865. The second-order valence-corrected chi connectivity index (χ2v) is 7.76. The van der Waals surface area contributed by atoms with Crippen molar-refractivity contribution in [2.45, 2.75) is 43.2 Å². The van der Waals surface area contributed by atoms with Crippen LogP contribution in [0.3, 0.4) is 0 Å². The third-order valence-electron chi connectivity index (χ3n) is 6.15. The fourth-order valence-corrected chi connectivity index (χ4v) is 4.98. The van der Waals surface area contributed by atoms with Gasteiger partial charge in [0.1, 0.15) is 17.9 Å². The molecule has 136 valence electrons. The highest BCUT2D eigenvalue weighted by Gasteiger charge is 2.62. The average Bonchev–Trinajstić information content (AvgIpc) is 3.29. The van der Waals surface area contributed by atoms with E-state index < -0.39 is 6.09 Å². The molecule has 2 aromatic heterocycles. The minimum atomic E-state index is -0.987. The summed E-state index contributed by atoms with van der Waals surface area (Å²) in [6.45, 7) is 0.522. The highest BCUT2D eigenvalue weighted by Crippen LogP contribution is 2.52. The summed E-state index contributed by atoms with van der Waals surface area (Å²) in [7, 11) is 0. The Morgan fingerprint density at radius 1 is 1.31 bits per heavy atom. The zero-order valence-electron chi connectivity index (χ0n) is 14.0. The van der Waals surface area contributed by atoms with Crippen LogP contribution < -0.4 is 0 Å². The maximum absolute atomic E-state index is 12.7. The molecule has 2 amide bonds. The van der Waals surface area contributed by atoms with E-state index in [1.807, 2.05) is 15.5 Å². The normalized spacial score (nSPS) is 27.0. The highest BCUT2D eigenvalue weighted by atomic mass is 35.5. The van der Waals surface area contributed by atoms with Gasteiger partial charge < -0.3 is 10.0 Å². The van der Waals surface area contributed by atoms with Crippen molar-refractivity contribution in [2.24, 2.45) is 0 Å². The number of carbonyl (C=O) groups excluding carboxylic acids is 1. The molecule has 4 heterocycles. The number of hydrogen-bond donors (Lipinski definition) is 1. The van der Waals surface area contributed by atoms with Crippen LogP contribution in [-0.2, 0) is 4.79 Å². The van der Waals surface area contributed by atoms with Crippen LogP contribution in [0.5, 0.6) is 0 Å². The van der Waals surface area contributed by atoms with Crippen molar-refractivity contribution in [2.75, 3.05) is 13.1 Å². The van der Waals surface area contributed by atoms with E-state index in [1.165, 1.54) is 4.90 Å². The molecule has 2 aliphatic heterocycles. The zero-order valence-corrected chi connectivity index (χ0v) is 14.8. The zero-order chi connectivity index (χ0) is 18.1. The molecule has 0 aromatic carbocycles. The first kappa shape index (κ1) is 15.9. The van der Waals surface area contributed by atoms with E-state index in [1.54, 1.807) is 12.4 Å². The van der Waals surface area contributed by atoms with Gasteiger partial charge in [-0.2, -0.15) is 0 Å². The van der Waals surface area contributed by atoms with Crippen molar-refractivity contribution in [3.8, 4) is 0 Å². The molecule has 2 unspecified atom stereocenters. The van der Waals surface area contributed by atoms with Crippen molar-refractivity contribution in [1.29, 1.82) is 0 Å². The lowest BCUT2D eigenvalue weighted by Crippen LogP contribution is -2.66. The Morgan fingerprint density at radius 2 is 2.12 bits per heavy atom. The number of carbonyl (C=O) groups is 2. The summed E-state index contributed by atoms with van der Waals surface area (Å²) in [5.41, 5.74) is 0.388. The van der Waals surface area contributed by atoms with Gasteiger partial charge >= 0.3 is 6.09 Å². The van der Waals surface area contributed by atoms with Gasteiger partial charge in [0, 0.05) is 24.9 Å². The third-order valence-corrected chi connectivity index (χ3v) is 6.44. The SMILES string of the molecule is O=C1CN(C(=O)O)C2(CC2)C2CCC(c3ncc4c(Cl)nccn34)CN12. The van der Waals surface area contributed by atoms with E-state index in [4.69, 9.17) is 11.6 Å². The van der Waals surface area contributed by atoms with Gasteiger partial charge in [0.05, 0.1) is 17.8 Å².